The van der Waals surface area contributed by atoms with E-state index in [4.69, 9.17) is 9.47 Å². The molecule has 2 aromatic heterocycles. The lowest BCUT2D eigenvalue weighted by Crippen LogP contribution is -2.35. The van der Waals surface area contributed by atoms with Crippen LogP contribution in [0.3, 0.4) is 0 Å². The van der Waals surface area contributed by atoms with E-state index in [1.165, 1.54) is 0 Å². The first-order chi connectivity index (χ1) is 11.7. The van der Waals surface area contributed by atoms with Gasteiger partial charge in [-0.2, -0.15) is 5.10 Å². The van der Waals surface area contributed by atoms with Gasteiger partial charge in [0.05, 0.1) is 19.3 Å². The van der Waals surface area contributed by atoms with Gasteiger partial charge in [-0.3, -0.25) is 14.9 Å². The van der Waals surface area contributed by atoms with Crippen molar-refractivity contribution >= 4 is 5.91 Å². The second-order valence-electron chi connectivity index (χ2n) is 5.65. The number of amides is 1. The average molecular weight is 331 g/mol. The Labute approximate surface area is 140 Å². The fourth-order valence-corrected chi connectivity index (χ4v) is 2.40. The molecule has 8 nitrogen and oxygen atoms in total. The Morgan fingerprint density at radius 3 is 3.21 bits per heavy atom. The van der Waals surface area contributed by atoms with Crippen molar-refractivity contribution in [1.82, 2.24) is 25.5 Å². The maximum Gasteiger partial charge on any atom is 0.249 e. The van der Waals surface area contributed by atoms with Crippen LogP contribution in [0.15, 0.2) is 24.4 Å². The third-order valence-corrected chi connectivity index (χ3v) is 3.78. The molecule has 0 spiro atoms. The van der Waals surface area contributed by atoms with Crippen molar-refractivity contribution in [1.29, 1.82) is 0 Å². The van der Waals surface area contributed by atoms with Crippen LogP contribution in [0.1, 0.15) is 25.6 Å². The van der Waals surface area contributed by atoms with E-state index in [2.05, 4.69) is 25.5 Å². The summed E-state index contributed by atoms with van der Waals surface area (Å²) in [5.74, 6) is 0.877. The number of ether oxygens (including phenoxy) is 2. The van der Waals surface area contributed by atoms with Crippen molar-refractivity contribution in [3.8, 4) is 11.5 Å². The third kappa shape index (κ3) is 4.36. The molecule has 3 rings (SSSR count). The van der Waals surface area contributed by atoms with Gasteiger partial charge in [0.1, 0.15) is 17.6 Å². The van der Waals surface area contributed by atoms with Crippen LogP contribution in [0.2, 0.25) is 0 Å². The lowest BCUT2D eigenvalue weighted by atomic mass is 10.2. The first kappa shape index (κ1) is 16.5. The molecule has 24 heavy (non-hydrogen) atoms. The molecule has 0 radical (unpaired) electrons. The molecular formula is C16H21N5O3. The Morgan fingerprint density at radius 2 is 2.46 bits per heavy atom. The minimum Gasteiger partial charge on any atom is -0.376 e. The monoisotopic (exact) mass is 331 g/mol. The second-order valence-corrected chi connectivity index (χ2v) is 5.65. The van der Waals surface area contributed by atoms with Gasteiger partial charge < -0.3 is 14.8 Å². The molecule has 1 aliphatic rings. The summed E-state index contributed by atoms with van der Waals surface area (Å²) in [6.07, 6.45) is 3.30. The van der Waals surface area contributed by atoms with E-state index in [0.29, 0.717) is 23.9 Å². The molecule has 0 saturated carbocycles. The number of rotatable bonds is 7. The summed E-state index contributed by atoms with van der Waals surface area (Å²) in [4.78, 5) is 20.5. The number of carbonyl (C=O) groups is 1. The fourth-order valence-electron chi connectivity index (χ4n) is 2.40. The zero-order valence-corrected chi connectivity index (χ0v) is 13.6. The summed E-state index contributed by atoms with van der Waals surface area (Å²) in [5.41, 5.74) is 0.680. The minimum atomic E-state index is -0.535. The van der Waals surface area contributed by atoms with E-state index in [1.54, 1.807) is 13.1 Å². The summed E-state index contributed by atoms with van der Waals surface area (Å²) < 4.78 is 11.0. The van der Waals surface area contributed by atoms with Crippen molar-refractivity contribution < 1.29 is 14.3 Å². The van der Waals surface area contributed by atoms with Gasteiger partial charge in [0.15, 0.2) is 5.82 Å². The zero-order chi connectivity index (χ0) is 16.8. The maximum atomic E-state index is 12.0. The molecule has 2 unspecified atom stereocenters. The Morgan fingerprint density at radius 1 is 1.54 bits per heavy atom. The molecule has 2 atom stereocenters. The summed E-state index contributed by atoms with van der Waals surface area (Å²) in [7, 11) is 0. The number of nitrogens with one attached hydrogen (secondary N) is 2. The number of aromatic nitrogens is 4. The lowest BCUT2D eigenvalue weighted by Gasteiger charge is -2.15. The van der Waals surface area contributed by atoms with Crippen LogP contribution < -0.4 is 5.32 Å². The van der Waals surface area contributed by atoms with Crippen LogP contribution in [0.25, 0.3) is 11.5 Å². The number of hydrogen-bond acceptors (Lipinski definition) is 6. The third-order valence-electron chi connectivity index (χ3n) is 3.78. The van der Waals surface area contributed by atoms with Gasteiger partial charge >= 0.3 is 0 Å². The molecule has 0 aromatic carbocycles. The van der Waals surface area contributed by atoms with Crippen LogP contribution in [-0.2, 0) is 20.8 Å². The number of aromatic amines is 1. The van der Waals surface area contributed by atoms with Gasteiger partial charge in [0.2, 0.25) is 5.91 Å². The SMILES string of the molecule is CC(OCC1CCCO1)C(=O)NCc1nc(-c2ccccn2)n[nH]1. The number of nitrogens with zero attached hydrogens (tertiary/aromatic N) is 3. The Hall–Kier alpha value is -2.32. The van der Waals surface area contributed by atoms with Gasteiger partial charge in [-0.1, -0.05) is 6.07 Å². The van der Waals surface area contributed by atoms with Gasteiger partial charge in [-0.25, -0.2) is 4.98 Å². The highest BCUT2D eigenvalue weighted by atomic mass is 16.5. The largest absolute Gasteiger partial charge is 0.376 e. The first-order valence-corrected chi connectivity index (χ1v) is 8.06. The molecule has 128 valence electrons. The average Bonchev–Trinajstić information content (AvgIpc) is 3.30. The van der Waals surface area contributed by atoms with Gasteiger partial charge in [-0.15, -0.1) is 0 Å². The summed E-state index contributed by atoms with van der Waals surface area (Å²) in [5, 5.41) is 9.68. The number of hydrogen-bond donors (Lipinski definition) is 2. The molecule has 1 saturated heterocycles. The van der Waals surface area contributed by atoms with E-state index in [0.717, 1.165) is 19.4 Å². The van der Waals surface area contributed by atoms with Gasteiger partial charge in [0.25, 0.3) is 0 Å². The summed E-state index contributed by atoms with van der Waals surface area (Å²) in [6.45, 7) is 3.20. The van der Waals surface area contributed by atoms with Gasteiger partial charge in [0, 0.05) is 12.8 Å². The molecule has 0 bridgehead atoms. The molecule has 3 heterocycles. The standard InChI is InChI=1S/C16H21N5O3/c1-11(24-10-12-5-4-8-23-12)16(22)18-9-14-19-15(21-20-14)13-6-2-3-7-17-13/h2-3,6-7,11-12H,4-5,8-10H2,1H3,(H,18,22)(H,19,20,21). The van der Waals surface area contributed by atoms with Crippen LogP contribution in [0.4, 0.5) is 0 Å². The van der Waals surface area contributed by atoms with Crippen molar-refractivity contribution in [3.05, 3.63) is 30.2 Å². The van der Waals surface area contributed by atoms with E-state index in [9.17, 15) is 4.79 Å². The smallest absolute Gasteiger partial charge is 0.249 e. The Balaban J connectivity index is 1.45. The molecule has 2 aromatic rings. The highest BCUT2D eigenvalue weighted by Crippen LogP contribution is 2.13. The molecule has 1 amide bonds. The van der Waals surface area contributed by atoms with Crippen molar-refractivity contribution in [2.45, 2.75) is 38.5 Å². The van der Waals surface area contributed by atoms with E-state index >= 15 is 0 Å². The predicted molar refractivity (Wildman–Crippen MR) is 85.8 cm³/mol. The van der Waals surface area contributed by atoms with Crippen LogP contribution in [0.5, 0.6) is 0 Å². The summed E-state index contributed by atoms with van der Waals surface area (Å²) in [6, 6.07) is 5.52. The van der Waals surface area contributed by atoms with Crippen LogP contribution in [-0.4, -0.2) is 51.5 Å². The molecule has 0 aliphatic carbocycles. The topological polar surface area (TPSA) is 102 Å². The van der Waals surface area contributed by atoms with Crippen molar-refractivity contribution in [2.24, 2.45) is 0 Å². The molecule has 1 aliphatic heterocycles. The summed E-state index contributed by atoms with van der Waals surface area (Å²) >= 11 is 0. The first-order valence-electron chi connectivity index (χ1n) is 8.06. The quantitative estimate of drug-likeness (QED) is 0.787. The van der Waals surface area contributed by atoms with E-state index < -0.39 is 6.10 Å². The van der Waals surface area contributed by atoms with Crippen LogP contribution in [0, 0.1) is 0 Å². The van der Waals surface area contributed by atoms with Crippen molar-refractivity contribution in [2.75, 3.05) is 13.2 Å². The lowest BCUT2D eigenvalue weighted by molar-refractivity contribution is -0.133. The Kier molecular flexibility index (Phi) is 5.50. The number of carbonyl (C=O) groups excluding carboxylic acids is 1. The fraction of sp³-hybridized carbons (Fsp3) is 0.500. The van der Waals surface area contributed by atoms with Gasteiger partial charge in [-0.05, 0) is 31.9 Å². The number of H-pyrrole nitrogens is 1. The van der Waals surface area contributed by atoms with E-state index in [1.807, 2.05) is 18.2 Å². The minimum absolute atomic E-state index is 0.107. The zero-order valence-electron chi connectivity index (χ0n) is 13.6. The highest BCUT2D eigenvalue weighted by molar-refractivity contribution is 5.80. The second kappa shape index (κ2) is 7.98. The van der Waals surface area contributed by atoms with E-state index in [-0.39, 0.29) is 18.6 Å². The highest BCUT2D eigenvalue weighted by Gasteiger charge is 2.20. The van der Waals surface area contributed by atoms with Crippen LogP contribution >= 0.6 is 0 Å². The molecule has 1 fully saturated rings. The number of pyridine rings is 1. The molecular weight excluding hydrogens is 310 g/mol. The normalized spacial score (nSPS) is 18.5. The molecule has 8 heteroatoms. The predicted octanol–water partition coefficient (Wildman–Crippen LogP) is 1.07. The molecule has 2 N–H and O–H groups in total. The van der Waals surface area contributed by atoms with Crippen molar-refractivity contribution in [3.63, 3.8) is 0 Å². The Bertz CT molecular complexity index is 655. The maximum absolute atomic E-state index is 12.0.